The fourth-order valence-electron chi connectivity index (χ4n) is 2.88. The Hall–Kier alpha value is -2.05. The summed E-state index contributed by atoms with van der Waals surface area (Å²) in [4.78, 5) is 23.8. The molecule has 116 valence electrons. The first-order valence-electron chi connectivity index (χ1n) is 6.72. The van der Waals surface area contributed by atoms with Gasteiger partial charge in [0.05, 0.1) is 30.3 Å². The van der Waals surface area contributed by atoms with E-state index in [1.54, 1.807) is 30.4 Å². The van der Waals surface area contributed by atoms with Gasteiger partial charge in [0.25, 0.3) is 0 Å². The van der Waals surface area contributed by atoms with Crippen LogP contribution in [0.15, 0.2) is 30.4 Å². The predicted molar refractivity (Wildman–Crippen MR) is 79.1 cm³/mol. The highest BCUT2D eigenvalue weighted by Crippen LogP contribution is 2.40. The first-order valence-corrected chi connectivity index (χ1v) is 7.10. The second kappa shape index (κ2) is 5.62. The number of carbonyl (C=O) groups excluding carboxylic acids is 1. The van der Waals surface area contributed by atoms with Gasteiger partial charge in [-0.1, -0.05) is 23.8 Å². The highest BCUT2D eigenvalue weighted by atomic mass is 35.5. The molecule has 0 saturated carbocycles. The molecule has 1 aromatic rings. The Balaban J connectivity index is 1.78. The van der Waals surface area contributed by atoms with Gasteiger partial charge in [0.2, 0.25) is 5.91 Å². The Morgan fingerprint density at radius 2 is 1.95 bits per heavy atom. The number of anilines is 1. The van der Waals surface area contributed by atoms with E-state index in [0.29, 0.717) is 16.5 Å². The quantitative estimate of drug-likeness (QED) is 0.827. The summed E-state index contributed by atoms with van der Waals surface area (Å²) < 4.78 is 10.5. The molecule has 2 heterocycles. The van der Waals surface area contributed by atoms with Crippen LogP contribution in [0.2, 0.25) is 5.02 Å². The second-order valence-electron chi connectivity index (χ2n) is 5.18. The van der Waals surface area contributed by atoms with E-state index in [1.807, 2.05) is 0 Å². The van der Waals surface area contributed by atoms with Crippen LogP contribution >= 0.6 is 11.6 Å². The summed E-state index contributed by atoms with van der Waals surface area (Å²) in [5.41, 5.74) is 0.478. The molecule has 2 bridgehead atoms. The van der Waals surface area contributed by atoms with Gasteiger partial charge in [-0.05, 0) is 18.2 Å². The molecule has 4 atom stereocenters. The van der Waals surface area contributed by atoms with Crippen molar-refractivity contribution in [2.24, 2.45) is 11.8 Å². The molecule has 0 spiro atoms. The van der Waals surface area contributed by atoms with Crippen LogP contribution in [0.3, 0.4) is 0 Å². The number of amides is 1. The van der Waals surface area contributed by atoms with Gasteiger partial charge in [-0.2, -0.15) is 0 Å². The lowest BCUT2D eigenvalue weighted by molar-refractivity contribution is -0.145. The average molecular weight is 324 g/mol. The number of halogens is 1. The molecule has 2 aliphatic heterocycles. The zero-order valence-corrected chi connectivity index (χ0v) is 12.4. The Morgan fingerprint density at radius 3 is 2.55 bits per heavy atom. The van der Waals surface area contributed by atoms with Crippen molar-refractivity contribution in [1.82, 2.24) is 0 Å². The van der Waals surface area contributed by atoms with Crippen LogP contribution in [-0.2, 0) is 14.3 Å². The van der Waals surface area contributed by atoms with Crippen LogP contribution in [0.4, 0.5) is 5.69 Å². The zero-order chi connectivity index (χ0) is 15.9. The number of ether oxygens (including phenoxy) is 2. The fourth-order valence-corrected chi connectivity index (χ4v) is 3.14. The van der Waals surface area contributed by atoms with Gasteiger partial charge in [-0.15, -0.1) is 0 Å². The summed E-state index contributed by atoms with van der Waals surface area (Å²) in [5.74, 6) is -2.57. The van der Waals surface area contributed by atoms with Gasteiger partial charge in [0.15, 0.2) is 0 Å². The summed E-state index contributed by atoms with van der Waals surface area (Å²) >= 11 is 6.01. The van der Waals surface area contributed by atoms with E-state index in [2.05, 4.69) is 5.32 Å². The minimum absolute atomic E-state index is 0.360. The summed E-state index contributed by atoms with van der Waals surface area (Å²) in [5, 5.41) is 12.4. The Morgan fingerprint density at radius 1 is 1.27 bits per heavy atom. The van der Waals surface area contributed by atoms with E-state index in [9.17, 15) is 14.7 Å². The third kappa shape index (κ3) is 2.44. The van der Waals surface area contributed by atoms with E-state index in [4.69, 9.17) is 21.1 Å². The highest BCUT2D eigenvalue weighted by Gasteiger charge is 2.53. The lowest BCUT2D eigenvalue weighted by atomic mass is 9.82. The molecule has 6 nitrogen and oxygen atoms in total. The van der Waals surface area contributed by atoms with Crippen LogP contribution in [0.25, 0.3) is 0 Å². The maximum Gasteiger partial charge on any atom is 0.310 e. The van der Waals surface area contributed by atoms with Crippen LogP contribution < -0.4 is 10.1 Å². The number of aliphatic carboxylic acids is 1. The van der Waals surface area contributed by atoms with E-state index >= 15 is 0 Å². The molecule has 3 rings (SSSR count). The SMILES string of the molecule is COc1ccc(NC(=O)[C@H]2[C@@H](C(=O)O)[C@H]3C=C[C@H]2O3)cc1Cl. The van der Waals surface area contributed by atoms with E-state index < -0.39 is 35.9 Å². The monoisotopic (exact) mass is 323 g/mol. The minimum atomic E-state index is -1.04. The van der Waals surface area contributed by atoms with Crippen molar-refractivity contribution in [3.05, 3.63) is 35.4 Å². The second-order valence-corrected chi connectivity index (χ2v) is 5.59. The molecule has 2 N–H and O–H groups in total. The maximum atomic E-state index is 12.4. The molecule has 0 unspecified atom stereocenters. The van der Waals surface area contributed by atoms with Gasteiger partial charge >= 0.3 is 5.97 Å². The fraction of sp³-hybridized carbons (Fsp3) is 0.333. The topological polar surface area (TPSA) is 84.9 Å². The Kier molecular flexibility index (Phi) is 3.80. The molecular formula is C15H14ClNO5. The minimum Gasteiger partial charge on any atom is -0.495 e. The van der Waals surface area contributed by atoms with E-state index in [-0.39, 0.29) is 0 Å². The third-order valence-corrected chi connectivity index (χ3v) is 4.20. The van der Waals surface area contributed by atoms with Crippen molar-refractivity contribution in [1.29, 1.82) is 0 Å². The number of carboxylic acids is 1. The number of carboxylic acid groups (broad SMARTS) is 1. The molecule has 22 heavy (non-hydrogen) atoms. The summed E-state index contributed by atoms with van der Waals surface area (Å²) in [6.07, 6.45) is 2.38. The number of nitrogens with one attached hydrogen (secondary N) is 1. The Labute approximate surface area is 131 Å². The summed E-state index contributed by atoms with van der Waals surface area (Å²) in [6.45, 7) is 0. The van der Waals surface area contributed by atoms with Crippen LogP contribution in [-0.4, -0.2) is 36.3 Å². The number of hydrogen-bond acceptors (Lipinski definition) is 4. The number of rotatable bonds is 4. The molecule has 0 aliphatic carbocycles. The standard InChI is InChI=1S/C15H14ClNO5/c1-21-9-3-2-7(6-8(9)16)17-14(18)12-10-4-5-11(22-10)13(12)15(19)20/h2-6,10-13H,1H3,(H,17,18)(H,19,20)/t10-,11-,12-,13+/m1/s1. The molecule has 1 aromatic carbocycles. The van der Waals surface area contributed by atoms with Crippen molar-refractivity contribution in [3.63, 3.8) is 0 Å². The van der Waals surface area contributed by atoms with E-state index in [0.717, 1.165) is 0 Å². The number of benzene rings is 1. The number of methoxy groups -OCH3 is 1. The van der Waals surface area contributed by atoms with Crippen molar-refractivity contribution in [3.8, 4) is 5.75 Å². The Bertz CT molecular complexity index is 659. The van der Waals surface area contributed by atoms with Crippen LogP contribution in [0, 0.1) is 11.8 Å². The molecule has 0 aromatic heterocycles. The lowest BCUT2D eigenvalue weighted by Crippen LogP contribution is -2.39. The average Bonchev–Trinajstić information content (AvgIpc) is 3.07. The molecule has 7 heteroatoms. The van der Waals surface area contributed by atoms with Crippen molar-refractivity contribution >= 4 is 29.2 Å². The van der Waals surface area contributed by atoms with E-state index in [1.165, 1.54) is 7.11 Å². The van der Waals surface area contributed by atoms with Crippen molar-refractivity contribution in [2.45, 2.75) is 12.2 Å². The molecule has 2 aliphatic rings. The normalized spacial score (nSPS) is 28.6. The van der Waals surface area contributed by atoms with Gasteiger partial charge in [-0.3, -0.25) is 9.59 Å². The third-order valence-electron chi connectivity index (χ3n) is 3.91. The van der Waals surface area contributed by atoms with Crippen LogP contribution in [0.1, 0.15) is 0 Å². The smallest absolute Gasteiger partial charge is 0.310 e. The van der Waals surface area contributed by atoms with Gasteiger partial charge in [0, 0.05) is 5.69 Å². The van der Waals surface area contributed by atoms with Gasteiger partial charge < -0.3 is 19.9 Å². The first-order chi connectivity index (χ1) is 10.5. The predicted octanol–water partition coefficient (Wildman–Crippen LogP) is 1.94. The number of fused-ring (bicyclic) bond motifs is 2. The van der Waals surface area contributed by atoms with Crippen molar-refractivity contribution < 1.29 is 24.2 Å². The number of hydrogen-bond donors (Lipinski definition) is 2. The molecule has 0 radical (unpaired) electrons. The highest BCUT2D eigenvalue weighted by molar-refractivity contribution is 6.32. The summed E-state index contributed by atoms with van der Waals surface area (Å²) in [7, 11) is 1.50. The molecular weight excluding hydrogens is 310 g/mol. The summed E-state index contributed by atoms with van der Waals surface area (Å²) in [6, 6.07) is 4.82. The molecule has 1 amide bonds. The molecule has 1 saturated heterocycles. The first kappa shape index (κ1) is 14.9. The largest absolute Gasteiger partial charge is 0.495 e. The van der Waals surface area contributed by atoms with Gasteiger partial charge in [-0.25, -0.2) is 0 Å². The van der Waals surface area contributed by atoms with Crippen LogP contribution in [0.5, 0.6) is 5.75 Å². The number of carbonyl (C=O) groups is 2. The molecule has 1 fully saturated rings. The van der Waals surface area contributed by atoms with Crippen molar-refractivity contribution in [2.75, 3.05) is 12.4 Å². The maximum absolute atomic E-state index is 12.4. The van der Waals surface area contributed by atoms with Gasteiger partial charge in [0.1, 0.15) is 11.7 Å². The zero-order valence-electron chi connectivity index (χ0n) is 11.7. The lowest BCUT2D eigenvalue weighted by Gasteiger charge is -2.21.